The van der Waals surface area contributed by atoms with Crippen LogP contribution in [0.5, 0.6) is 0 Å². The monoisotopic (exact) mass is 334 g/mol. The predicted molar refractivity (Wildman–Crippen MR) is 85.8 cm³/mol. The van der Waals surface area contributed by atoms with Crippen LogP contribution < -0.4 is 0 Å². The van der Waals surface area contributed by atoms with Crippen LogP contribution >= 0.6 is 11.6 Å². The molecule has 0 saturated carbocycles. The van der Waals surface area contributed by atoms with Crippen molar-refractivity contribution < 1.29 is 4.79 Å². The van der Waals surface area contributed by atoms with Crippen molar-refractivity contribution >= 4 is 17.5 Å². The molecule has 3 rings (SSSR count). The molecule has 1 fully saturated rings. The molecule has 1 aromatic carbocycles. The van der Waals surface area contributed by atoms with Gasteiger partial charge in [0.2, 0.25) is 5.91 Å². The van der Waals surface area contributed by atoms with Crippen molar-refractivity contribution in [1.82, 2.24) is 30.0 Å². The molecule has 0 N–H and O–H groups in total. The molecule has 0 bridgehead atoms. The quantitative estimate of drug-likeness (QED) is 0.841. The second-order valence-corrected chi connectivity index (χ2v) is 6.03. The topological polar surface area (TPSA) is 67.2 Å². The van der Waals surface area contributed by atoms with Gasteiger partial charge in [0.1, 0.15) is 12.9 Å². The number of rotatable bonds is 4. The van der Waals surface area contributed by atoms with Crippen LogP contribution in [0, 0.1) is 0 Å². The van der Waals surface area contributed by atoms with E-state index in [0.29, 0.717) is 13.1 Å². The highest BCUT2D eigenvalue weighted by Gasteiger charge is 2.25. The Morgan fingerprint density at radius 1 is 1.26 bits per heavy atom. The molecule has 122 valence electrons. The van der Waals surface area contributed by atoms with E-state index in [1.165, 1.54) is 11.0 Å². The number of halogens is 1. The number of aromatic nitrogens is 4. The van der Waals surface area contributed by atoms with Crippen LogP contribution in [0.15, 0.2) is 30.6 Å². The Balaban J connectivity index is 1.56. The number of benzene rings is 1. The first-order valence-corrected chi connectivity index (χ1v) is 8.00. The van der Waals surface area contributed by atoms with Gasteiger partial charge < -0.3 is 4.90 Å². The average molecular weight is 335 g/mol. The molecule has 2 aromatic rings. The molecule has 0 radical (unpaired) electrons. The molecule has 1 atom stereocenters. The molecule has 7 nitrogen and oxygen atoms in total. The second kappa shape index (κ2) is 7.06. The molecule has 1 aliphatic rings. The number of hydrogen-bond acceptors (Lipinski definition) is 5. The smallest absolute Gasteiger partial charge is 0.244 e. The summed E-state index contributed by atoms with van der Waals surface area (Å²) in [5.41, 5.74) is 1.13. The van der Waals surface area contributed by atoms with E-state index in [-0.39, 0.29) is 18.5 Å². The molecule has 1 aliphatic heterocycles. The third kappa shape index (κ3) is 3.68. The molecule has 2 heterocycles. The van der Waals surface area contributed by atoms with E-state index in [1.54, 1.807) is 0 Å². The normalized spacial score (nSPS) is 17.2. The largest absolute Gasteiger partial charge is 0.339 e. The Labute approximate surface area is 139 Å². The summed E-state index contributed by atoms with van der Waals surface area (Å²) in [5.74, 6) is 0.0438. The lowest BCUT2D eigenvalue weighted by Crippen LogP contribution is -2.50. The van der Waals surface area contributed by atoms with E-state index in [4.69, 9.17) is 11.6 Å². The lowest BCUT2D eigenvalue weighted by molar-refractivity contribution is -0.134. The van der Waals surface area contributed by atoms with Crippen LogP contribution in [0.2, 0.25) is 5.02 Å². The van der Waals surface area contributed by atoms with E-state index >= 15 is 0 Å². The summed E-state index contributed by atoms with van der Waals surface area (Å²) in [5, 5.41) is 11.6. The van der Waals surface area contributed by atoms with Crippen LogP contribution in [0.3, 0.4) is 0 Å². The van der Waals surface area contributed by atoms with Gasteiger partial charge in [-0.25, -0.2) is 4.68 Å². The summed E-state index contributed by atoms with van der Waals surface area (Å²) in [6, 6.07) is 8.15. The number of carbonyl (C=O) groups is 1. The van der Waals surface area contributed by atoms with Gasteiger partial charge in [0.25, 0.3) is 0 Å². The Hall–Kier alpha value is -1.99. The van der Waals surface area contributed by atoms with E-state index in [0.717, 1.165) is 23.7 Å². The van der Waals surface area contributed by atoms with E-state index < -0.39 is 0 Å². The zero-order chi connectivity index (χ0) is 16.2. The molecule has 0 aliphatic carbocycles. The molecule has 1 aromatic heterocycles. The molecule has 0 unspecified atom stereocenters. The SMILES string of the molecule is C[C@@H](c1ccccc1Cl)N1CCN(C(=O)Cn2cnnn2)CC1. The van der Waals surface area contributed by atoms with Crippen molar-refractivity contribution in [2.45, 2.75) is 19.5 Å². The third-order valence-electron chi connectivity index (χ3n) is 4.26. The number of piperazine rings is 1. The molecule has 1 amide bonds. The van der Waals surface area contributed by atoms with Gasteiger partial charge in [-0.2, -0.15) is 0 Å². The minimum atomic E-state index is 0.0438. The maximum atomic E-state index is 12.2. The van der Waals surface area contributed by atoms with Gasteiger partial charge >= 0.3 is 0 Å². The zero-order valence-electron chi connectivity index (χ0n) is 13.0. The standard InChI is InChI=1S/C15H19ClN6O/c1-12(13-4-2-3-5-14(13)16)20-6-8-21(9-7-20)15(23)10-22-11-17-18-19-22/h2-5,11-12H,6-10H2,1H3/t12-/m0/s1. The maximum Gasteiger partial charge on any atom is 0.244 e. The highest BCUT2D eigenvalue weighted by atomic mass is 35.5. The first-order valence-electron chi connectivity index (χ1n) is 7.62. The Bertz CT molecular complexity index is 654. The maximum absolute atomic E-state index is 12.2. The fraction of sp³-hybridized carbons (Fsp3) is 0.467. The first-order chi connectivity index (χ1) is 11.1. The average Bonchev–Trinajstić information content (AvgIpc) is 3.08. The Kier molecular flexibility index (Phi) is 4.88. The highest BCUT2D eigenvalue weighted by molar-refractivity contribution is 6.31. The van der Waals surface area contributed by atoms with Gasteiger partial charge in [-0.1, -0.05) is 29.8 Å². The second-order valence-electron chi connectivity index (χ2n) is 5.62. The van der Waals surface area contributed by atoms with E-state index in [9.17, 15) is 4.79 Å². The zero-order valence-corrected chi connectivity index (χ0v) is 13.7. The molecular formula is C15H19ClN6O. The van der Waals surface area contributed by atoms with Gasteiger partial charge in [0, 0.05) is 37.2 Å². The fourth-order valence-corrected chi connectivity index (χ4v) is 3.15. The fourth-order valence-electron chi connectivity index (χ4n) is 2.86. The van der Waals surface area contributed by atoms with E-state index in [2.05, 4.69) is 33.4 Å². The summed E-state index contributed by atoms with van der Waals surface area (Å²) in [4.78, 5) is 16.4. The summed E-state index contributed by atoms with van der Waals surface area (Å²) < 4.78 is 1.45. The first kappa shape index (κ1) is 15.9. The van der Waals surface area contributed by atoms with Crippen LogP contribution in [-0.2, 0) is 11.3 Å². The van der Waals surface area contributed by atoms with Gasteiger partial charge in [-0.05, 0) is 29.0 Å². The van der Waals surface area contributed by atoms with Crippen molar-refractivity contribution in [2.75, 3.05) is 26.2 Å². The Morgan fingerprint density at radius 3 is 2.65 bits per heavy atom. The van der Waals surface area contributed by atoms with Crippen molar-refractivity contribution in [2.24, 2.45) is 0 Å². The van der Waals surface area contributed by atoms with Crippen molar-refractivity contribution in [3.8, 4) is 0 Å². The summed E-state index contributed by atoms with van der Waals surface area (Å²) >= 11 is 6.28. The van der Waals surface area contributed by atoms with Crippen LogP contribution in [-0.4, -0.2) is 62.1 Å². The predicted octanol–water partition coefficient (Wildman–Crippen LogP) is 1.23. The number of nitrogens with zero attached hydrogens (tertiary/aromatic N) is 6. The molecule has 23 heavy (non-hydrogen) atoms. The van der Waals surface area contributed by atoms with Gasteiger partial charge in [0.15, 0.2) is 0 Å². The van der Waals surface area contributed by atoms with Gasteiger partial charge in [-0.15, -0.1) is 5.10 Å². The van der Waals surface area contributed by atoms with Crippen molar-refractivity contribution in [3.63, 3.8) is 0 Å². The van der Waals surface area contributed by atoms with Crippen molar-refractivity contribution in [1.29, 1.82) is 0 Å². The summed E-state index contributed by atoms with van der Waals surface area (Å²) in [6.07, 6.45) is 1.45. The minimum Gasteiger partial charge on any atom is -0.339 e. The third-order valence-corrected chi connectivity index (χ3v) is 4.60. The number of tetrazole rings is 1. The molecular weight excluding hydrogens is 316 g/mol. The summed E-state index contributed by atoms with van der Waals surface area (Å²) in [7, 11) is 0. The van der Waals surface area contributed by atoms with Gasteiger partial charge in [0.05, 0.1) is 0 Å². The summed E-state index contributed by atoms with van der Waals surface area (Å²) in [6.45, 7) is 5.40. The lowest BCUT2D eigenvalue weighted by Gasteiger charge is -2.38. The van der Waals surface area contributed by atoms with E-state index in [1.807, 2.05) is 23.1 Å². The van der Waals surface area contributed by atoms with Gasteiger partial charge in [-0.3, -0.25) is 9.69 Å². The highest BCUT2D eigenvalue weighted by Crippen LogP contribution is 2.27. The van der Waals surface area contributed by atoms with Crippen LogP contribution in [0.25, 0.3) is 0 Å². The molecule has 8 heteroatoms. The Morgan fingerprint density at radius 2 is 2.00 bits per heavy atom. The van der Waals surface area contributed by atoms with Crippen LogP contribution in [0.1, 0.15) is 18.5 Å². The van der Waals surface area contributed by atoms with Crippen molar-refractivity contribution in [3.05, 3.63) is 41.2 Å². The number of carbonyl (C=O) groups excluding carboxylic acids is 1. The lowest BCUT2D eigenvalue weighted by atomic mass is 10.1. The van der Waals surface area contributed by atoms with Crippen LogP contribution in [0.4, 0.5) is 0 Å². The number of amides is 1. The number of hydrogen-bond donors (Lipinski definition) is 0. The molecule has 1 saturated heterocycles. The minimum absolute atomic E-state index is 0.0438. The molecule has 0 spiro atoms.